The van der Waals surface area contributed by atoms with Crippen molar-refractivity contribution >= 4 is 17.7 Å². The van der Waals surface area contributed by atoms with Crippen LogP contribution < -0.4 is 9.47 Å². The zero-order chi connectivity index (χ0) is 22.6. The van der Waals surface area contributed by atoms with Crippen molar-refractivity contribution in [2.45, 2.75) is 33.3 Å². The summed E-state index contributed by atoms with van der Waals surface area (Å²) in [5, 5.41) is 9.99. The topological polar surface area (TPSA) is 89.9 Å². The number of ether oxygens (including phenoxy) is 2. The van der Waals surface area contributed by atoms with Crippen LogP contribution in [0.1, 0.15) is 38.1 Å². The number of ketones is 1. The Hall–Kier alpha value is -3.51. The van der Waals surface area contributed by atoms with E-state index in [0.29, 0.717) is 16.7 Å². The minimum absolute atomic E-state index is 0.0225. The van der Waals surface area contributed by atoms with Crippen molar-refractivity contribution in [3.63, 3.8) is 0 Å². The predicted molar refractivity (Wildman–Crippen MR) is 113 cm³/mol. The highest BCUT2D eigenvalue weighted by molar-refractivity contribution is 6.02. The van der Waals surface area contributed by atoms with E-state index < -0.39 is 23.3 Å². The first-order valence-electron chi connectivity index (χ1n) is 9.17. The van der Waals surface area contributed by atoms with Crippen molar-refractivity contribution in [3.8, 4) is 22.6 Å². The Kier molecular flexibility index (Phi) is 6.74. The predicted octanol–water partition coefficient (Wildman–Crippen LogP) is 4.27. The van der Waals surface area contributed by atoms with Gasteiger partial charge in [0.2, 0.25) is 0 Å². The summed E-state index contributed by atoms with van der Waals surface area (Å²) in [4.78, 5) is 36.3. The van der Waals surface area contributed by atoms with Crippen molar-refractivity contribution in [1.82, 2.24) is 0 Å². The lowest BCUT2D eigenvalue weighted by molar-refractivity contribution is -0.132. The fourth-order valence-electron chi connectivity index (χ4n) is 2.42. The summed E-state index contributed by atoms with van der Waals surface area (Å²) in [6, 6.07) is 11.3. The lowest BCUT2D eigenvalue weighted by Crippen LogP contribution is -2.31. The Labute approximate surface area is 175 Å². The molecule has 0 saturated heterocycles. The van der Waals surface area contributed by atoms with Gasteiger partial charge in [-0.15, -0.1) is 0 Å². The zero-order valence-electron chi connectivity index (χ0n) is 17.4. The first-order valence-corrected chi connectivity index (χ1v) is 9.17. The van der Waals surface area contributed by atoms with Gasteiger partial charge in [0, 0.05) is 16.7 Å². The van der Waals surface area contributed by atoms with Crippen LogP contribution in [0.2, 0.25) is 0 Å². The number of aliphatic hydroxyl groups is 1. The number of esters is 2. The van der Waals surface area contributed by atoms with Gasteiger partial charge in [-0.25, -0.2) is 9.59 Å². The van der Waals surface area contributed by atoms with E-state index in [4.69, 9.17) is 9.47 Å². The van der Waals surface area contributed by atoms with Gasteiger partial charge < -0.3 is 14.6 Å². The number of carbonyl (C=O) groups excluding carboxylic acids is 3. The molecule has 1 N–H and O–H groups in total. The molecule has 0 aliphatic rings. The van der Waals surface area contributed by atoms with E-state index in [9.17, 15) is 19.5 Å². The van der Waals surface area contributed by atoms with Gasteiger partial charge in [-0.05, 0) is 57.0 Å². The van der Waals surface area contributed by atoms with E-state index in [1.165, 1.54) is 39.8 Å². The normalized spacial score (nSPS) is 10.8. The molecular formula is C24H24O6. The van der Waals surface area contributed by atoms with Gasteiger partial charge in [0.05, 0.1) is 0 Å². The number of carbonyl (C=O) groups is 3. The molecule has 2 rings (SSSR count). The molecule has 0 amide bonds. The summed E-state index contributed by atoms with van der Waals surface area (Å²) in [6.45, 7) is 12.9. The van der Waals surface area contributed by atoms with Gasteiger partial charge in [-0.2, -0.15) is 0 Å². The Bertz CT molecular complexity index is 1040. The number of hydrogen-bond donors (Lipinski definition) is 1. The molecule has 0 fully saturated rings. The first kappa shape index (κ1) is 22.8. The molecule has 0 radical (unpaired) electrons. The third-order valence-corrected chi connectivity index (χ3v) is 4.06. The standard InChI is InChI=1S/C24H24O6/c1-14(2)22(26)29-19-11-10-17(13-20(19)30-23(27)15(3)4)16-8-7-9-18(12-16)21(25)24(5,6)28/h7-13,28H,1,3H2,2,4-6H3. The lowest BCUT2D eigenvalue weighted by Gasteiger charge is -2.16. The van der Waals surface area contributed by atoms with Crippen LogP contribution in [0, 0.1) is 0 Å². The average Bonchev–Trinajstić information content (AvgIpc) is 2.67. The second kappa shape index (κ2) is 8.88. The van der Waals surface area contributed by atoms with Gasteiger partial charge in [-0.1, -0.05) is 37.4 Å². The Morgan fingerprint density at radius 1 is 0.833 bits per heavy atom. The maximum atomic E-state index is 12.4. The quantitative estimate of drug-likeness (QED) is 0.318. The molecule has 6 heteroatoms. The summed E-state index contributed by atoms with van der Waals surface area (Å²) in [5.41, 5.74) is 0.444. The van der Waals surface area contributed by atoms with Crippen LogP contribution in [0.4, 0.5) is 0 Å². The van der Waals surface area contributed by atoms with E-state index in [2.05, 4.69) is 13.2 Å². The maximum absolute atomic E-state index is 12.4. The van der Waals surface area contributed by atoms with Gasteiger partial charge in [0.25, 0.3) is 0 Å². The third-order valence-electron chi connectivity index (χ3n) is 4.06. The van der Waals surface area contributed by atoms with Crippen molar-refractivity contribution < 1.29 is 29.0 Å². The smallest absolute Gasteiger partial charge is 0.338 e. The molecule has 0 aliphatic carbocycles. The molecule has 0 atom stereocenters. The number of hydrogen-bond acceptors (Lipinski definition) is 6. The fraction of sp³-hybridized carbons (Fsp3) is 0.208. The molecule has 0 spiro atoms. The van der Waals surface area contributed by atoms with Crippen LogP contribution in [0.3, 0.4) is 0 Å². The minimum atomic E-state index is -1.51. The molecule has 2 aromatic rings. The second-order valence-electron chi connectivity index (χ2n) is 7.47. The Morgan fingerprint density at radius 2 is 1.37 bits per heavy atom. The summed E-state index contributed by atoms with van der Waals surface area (Å²) in [5.74, 6) is -1.69. The summed E-state index contributed by atoms with van der Waals surface area (Å²) in [7, 11) is 0. The molecule has 0 aromatic heterocycles. The van der Waals surface area contributed by atoms with Crippen LogP contribution in [0.5, 0.6) is 11.5 Å². The number of benzene rings is 2. The first-order chi connectivity index (χ1) is 13.9. The number of Topliss-reactive ketones (excluding diaryl/α,β-unsaturated/α-hetero) is 1. The second-order valence-corrected chi connectivity index (χ2v) is 7.47. The fourth-order valence-corrected chi connectivity index (χ4v) is 2.42. The van der Waals surface area contributed by atoms with Crippen LogP contribution in [0.15, 0.2) is 66.8 Å². The molecule has 0 saturated carbocycles. The molecule has 156 valence electrons. The van der Waals surface area contributed by atoms with Crippen LogP contribution >= 0.6 is 0 Å². The van der Waals surface area contributed by atoms with Gasteiger partial charge in [0.1, 0.15) is 5.60 Å². The van der Waals surface area contributed by atoms with Crippen LogP contribution in [-0.2, 0) is 9.59 Å². The summed E-state index contributed by atoms with van der Waals surface area (Å²) >= 11 is 0. The van der Waals surface area contributed by atoms with E-state index in [0.717, 1.165) is 0 Å². The Balaban J connectivity index is 2.50. The minimum Gasteiger partial charge on any atom is -0.419 e. The largest absolute Gasteiger partial charge is 0.419 e. The molecular weight excluding hydrogens is 384 g/mol. The zero-order valence-corrected chi connectivity index (χ0v) is 17.4. The van der Waals surface area contributed by atoms with Gasteiger partial charge in [0.15, 0.2) is 17.3 Å². The highest BCUT2D eigenvalue weighted by Crippen LogP contribution is 2.34. The molecule has 6 nitrogen and oxygen atoms in total. The molecule has 0 heterocycles. The highest BCUT2D eigenvalue weighted by atomic mass is 16.6. The van der Waals surface area contributed by atoms with E-state index in [1.54, 1.807) is 30.3 Å². The molecule has 0 aliphatic heterocycles. The van der Waals surface area contributed by atoms with Crippen LogP contribution in [0.25, 0.3) is 11.1 Å². The highest BCUT2D eigenvalue weighted by Gasteiger charge is 2.25. The van der Waals surface area contributed by atoms with Crippen molar-refractivity contribution in [2.75, 3.05) is 0 Å². The maximum Gasteiger partial charge on any atom is 0.338 e. The van der Waals surface area contributed by atoms with E-state index in [-0.39, 0.29) is 22.6 Å². The van der Waals surface area contributed by atoms with E-state index >= 15 is 0 Å². The molecule has 2 aromatic carbocycles. The van der Waals surface area contributed by atoms with Gasteiger partial charge >= 0.3 is 11.9 Å². The molecule has 0 unspecified atom stereocenters. The molecule has 30 heavy (non-hydrogen) atoms. The molecule has 0 bridgehead atoms. The van der Waals surface area contributed by atoms with Gasteiger partial charge in [-0.3, -0.25) is 4.79 Å². The van der Waals surface area contributed by atoms with E-state index in [1.807, 2.05) is 0 Å². The SMILES string of the molecule is C=C(C)C(=O)Oc1ccc(-c2cccc(C(=O)C(C)(C)O)c2)cc1OC(=O)C(=C)C. The van der Waals surface area contributed by atoms with Crippen molar-refractivity contribution in [2.24, 2.45) is 0 Å². The summed E-state index contributed by atoms with van der Waals surface area (Å²) < 4.78 is 10.6. The Morgan fingerprint density at radius 3 is 1.90 bits per heavy atom. The van der Waals surface area contributed by atoms with Crippen molar-refractivity contribution in [3.05, 3.63) is 72.3 Å². The van der Waals surface area contributed by atoms with Crippen molar-refractivity contribution in [1.29, 1.82) is 0 Å². The number of rotatable bonds is 7. The monoisotopic (exact) mass is 408 g/mol. The average molecular weight is 408 g/mol. The lowest BCUT2D eigenvalue weighted by atomic mass is 9.94. The summed E-state index contributed by atoms with van der Waals surface area (Å²) in [6.07, 6.45) is 0. The third kappa shape index (κ3) is 5.52. The van der Waals surface area contributed by atoms with Crippen LogP contribution in [-0.4, -0.2) is 28.4 Å².